The number of Topliss-reactive ketones (excluding diaryl/α,β-unsaturated/α-hetero) is 4. The van der Waals surface area contributed by atoms with Gasteiger partial charge in [-0.05, 0) is 47.5 Å². The van der Waals surface area contributed by atoms with Crippen LogP contribution in [0, 0.1) is 6.92 Å². The fourth-order valence-electron chi connectivity index (χ4n) is 2.93. The molecule has 0 fully saturated rings. The number of carbonyl (C=O) groups excluding carboxylic acids is 5. The van der Waals surface area contributed by atoms with E-state index < -0.39 is 6.04 Å². The highest BCUT2D eigenvalue weighted by atomic mass is 32.1. The number of nitrogens with one attached hydrogen (secondary N) is 4. The van der Waals surface area contributed by atoms with Crippen LogP contribution in [-0.4, -0.2) is 86.6 Å². The molecule has 14 nitrogen and oxygen atoms in total. The molecule has 0 aliphatic carbocycles. The van der Waals surface area contributed by atoms with Crippen molar-refractivity contribution in [3.8, 4) is 6.01 Å². The summed E-state index contributed by atoms with van der Waals surface area (Å²) >= 11 is 2.31. The molecule has 16 heteroatoms. The van der Waals surface area contributed by atoms with Crippen molar-refractivity contribution in [3.05, 3.63) is 5.82 Å². The van der Waals surface area contributed by atoms with Gasteiger partial charge < -0.3 is 26.0 Å². The largest absolute Gasteiger partial charge is 0.466 e. The van der Waals surface area contributed by atoms with Crippen molar-refractivity contribution in [1.29, 1.82) is 0 Å². The van der Waals surface area contributed by atoms with Crippen molar-refractivity contribution in [2.45, 2.75) is 66.0 Å². The van der Waals surface area contributed by atoms with Gasteiger partial charge in [0.1, 0.15) is 29.0 Å². The number of ketones is 4. The fourth-order valence-corrected chi connectivity index (χ4v) is 4.08. The Morgan fingerprint density at radius 1 is 0.821 bits per heavy atom. The fraction of sp³-hybridized carbons (Fsp3) is 0.609. The Labute approximate surface area is 235 Å². The highest BCUT2D eigenvalue weighted by Crippen LogP contribution is 2.15. The Bertz CT molecular complexity index is 1110. The van der Waals surface area contributed by atoms with Gasteiger partial charge in [-0.15, -0.1) is 4.37 Å². The lowest BCUT2D eigenvalue weighted by Gasteiger charge is -2.14. The Hall–Kier alpha value is -3.21. The second-order valence-corrected chi connectivity index (χ2v) is 10.0. The highest BCUT2D eigenvalue weighted by Gasteiger charge is 2.17. The molecule has 4 N–H and O–H groups in total. The topological polar surface area (TPSA) is 194 Å². The van der Waals surface area contributed by atoms with Gasteiger partial charge in [-0.1, -0.05) is 0 Å². The minimum absolute atomic E-state index is 0.00747. The van der Waals surface area contributed by atoms with Gasteiger partial charge in [-0.2, -0.15) is 9.36 Å². The lowest BCUT2D eigenvalue weighted by Crippen LogP contribution is -2.39. The van der Waals surface area contributed by atoms with E-state index in [4.69, 9.17) is 4.74 Å². The lowest BCUT2D eigenvalue weighted by atomic mass is 10.1. The molecule has 0 saturated heterocycles. The summed E-state index contributed by atoms with van der Waals surface area (Å²) in [6.45, 7) is 8.50. The first-order chi connectivity index (χ1) is 18.4. The molecule has 2 aromatic rings. The molecular formula is C23H36N8O6S2. The predicted octanol–water partition coefficient (Wildman–Crippen LogP) is 1.19. The average molecular weight is 585 g/mol. The number of hydrogen-bond acceptors (Lipinski definition) is 15. The van der Waals surface area contributed by atoms with Crippen LogP contribution in [0.3, 0.4) is 0 Å². The summed E-state index contributed by atoms with van der Waals surface area (Å²) in [6.07, 6.45) is 1.09. The molecule has 39 heavy (non-hydrogen) atoms. The number of hydrogen-bond donors (Lipinski definition) is 4. The zero-order valence-corrected chi connectivity index (χ0v) is 24.6. The van der Waals surface area contributed by atoms with Crippen molar-refractivity contribution in [2.75, 3.05) is 37.4 Å². The second kappa shape index (κ2) is 18.1. The molecule has 2 heterocycles. The maximum Gasteiger partial charge on any atom is 0.329 e. The molecule has 216 valence electrons. The summed E-state index contributed by atoms with van der Waals surface area (Å²) in [7, 11) is 1.50. The Balaban J connectivity index is 0.000000391. The second-order valence-electron chi connectivity index (χ2n) is 8.53. The van der Waals surface area contributed by atoms with Crippen LogP contribution in [0.25, 0.3) is 0 Å². The normalized spacial score (nSPS) is 11.9. The molecule has 2 atom stereocenters. The third-order valence-electron chi connectivity index (χ3n) is 4.91. The zero-order valence-electron chi connectivity index (χ0n) is 23.0. The first-order valence-corrected chi connectivity index (χ1v) is 13.6. The van der Waals surface area contributed by atoms with E-state index in [2.05, 4.69) is 40.0 Å². The van der Waals surface area contributed by atoms with Gasteiger partial charge in [0.2, 0.25) is 16.2 Å². The molecule has 2 aromatic heterocycles. The van der Waals surface area contributed by atoms with Crippen molar-refractivity contribution in [1.82, 2.24) is 29.3 Å². The van der Waals surface area contributed by atoms with E-state index in [0.29, 0.717) is 41.5 Å². The van der Waals surface area contributed by atoms with Crippen molar-refractivity contribution in [2.24, 2.45) is 0 Å². The average Bonchev–Trinajstić information content (AvgIpc) is 3.49. The van der Waals surface area contributed by atoms with Crippen LogP contribution in [0.1, 0.15) is 52.8 Å². The molecule has 0 aliphatic rings. The van der Waals surface area contributed by atoms with Gasteiger partial charge in [-0.25, -0.2) is 4.98 Å². The maximum absolute atomic E-state index is 11.7. The Morgan fingerprint density at radius 3 is 1.85 bits per heavy atom. The molecule has 0 aliphatic heterocycles. The van der Waals surface area contributed by atoms with Gasteiger partial charge in [0.25, 0.3) is 0 Å². The van der Waals surface area contributed by atoms with Crippen LogP contribution in [0.4, 0.5) is 10.3 Å². The number of ether oxygens (including phenoxy) is 1. The Morgan fingerprint density at radius 2 is 1.38 bits per heavy atom. The SMILES string of the molecule is CC(=O)CNC(CCC(=O)Nc1nc(C)ns1)C(C)=O.COc1nsc(NCCC(NCC(C)=O)C(C)=O)n1. The number of nitrogens with zero attached hydrogens (tertiary/aromatic N) is 4. The molecule has 0 bridgehead atoms. The number of aromatic nitrogens is 4. The number of aryl methyl sites for hydroxylation is 1. The highest BCUT2D eigenvalue weighted by molar-refractivity contribution is 7.10. The first kappa shape index (κ1) is 33.8. The molecule has 2 rings (SSSR count). The van der Waals surface area contributed by atoms with E-state index >= 15 is 0 Å². The molecule has 0 aromatic carbocycles. The summed E-state index contributed by atoms with van der Waals surface area (Å²) in [5, 5.41) is 12.5. The number of carbonyl (C=O) groups is 5. The van der Waals surface area contributed by atoms with E-state index in [9.17, 15) is 24.0 Å². The summed E-state index contributed by atoms with van der Waals surface area (Å²) < 4.78 is 12.8. The van der Waals surface area contributed by atoms with Gasteiger partial charge >= 0.3 is 6.01 Å². The third-order valence-corrected chi connectivity index (χ3v) is 6.29. The number of methoxy groups -OCH3 is 1. The summed E-state index contributed by atoms with van der Waals surface area (Å²) in [5.41, 5.74) is 0. The summed E-state index contributed by atoms with van der Waals surface area (Å²) in [5.74, 6) is 0.258. The third kappa shape index (κ3) is 15.1. The van der Waals surface area contributed by atoms with Crippen molar-refractivity contribution >= 4 is 62.4 Å². The van der Waals surface area contributed by atoms with Crippen molar-refractivity contribution in [3.63, 3.8) is 0 Å². The molecule has 0 spiro atoms. The predicted molar refractivity (Wildman–Crippen MR) is 148 cm³/mol. The van der Waals surface area contributed by atoms with Gasteiger partial charge in [-0.3, -0.25) is 24.0 Å². The van der Waals surface area contributed by atoms with Crippen LogP contribution in [0.5, 0.6) is 6.01 Å². The van der Waals surface area contributed by atoms with Crippen LogP contribution >= 0.6 is 23.1 Å². The first-order valence-electron chi connectivity index (χ1n) is 12.1. The van der Waals surface area contributed by atoms with Crippen LogP contribution < -0.4 is 26.0 Å². The van der Waals surface area contributed by atoms with Crippen LogP contribution in [-0.2, 0) is 24.0 Å². The molecule has 0 saturated carbocycles. The van der Waals surface area contributed by atoms with E-state index in [-0.39, 0.29) is 54.6 Å². The molecule has 1 amide bonds. The van der Waals surface area contributed by atoms with Crippen LogP contribution in [0.2, 0.25) is 0 Å². The minimum atomic E-state index is -0.485. The number of rotatable bonds is 17. The van der Waals surface area contributed by atoms with Gasteiger partial charge in [0, 0.05) is 36.0 Å². The molecular weight excluding hydrogens is 548 g/mol. The minimum Gasteiger partial charge on any atom is -0.466 e. The monoisotopic (exact) mass is 584 g/mol. The molecule has 2 unspecified atom stereocenters. The van der Waals surface area contributed by atoms with E-state index in [0.717, 1.165) is 11.5 Å². The van der Waals surface area contributed by atoms with Gasteiger partial charge in [0.05, 0.1) is 32.3 Å². The lowest BCUT2D eigenvalue weighted by molar-refractivity contribution is -0.121. The molecule has 0 radical (unpaired) electrons. The van der Waals surface area contributed by atoms with Crippen molar-refractivity contribution < 1.29 is 28.7 Å². The zero-order chi connectivity index (χ0) is 29.4. The summed E-state index contributed by atoms with van der Waals surface area (Å²) in [4.78, 5) is 64.4. The van der Waals surface area contributed by atoms with E-state index in [1.807, 2.05) is 0 Å². The van der Waals surface area contributed by atoms with Gasteiger partial charge in [0.15, 0.2) is 0 Å². The number of amides is 1. The quantitative estimate of drug-likeness (QED) is 0.207. The van der Waals surface area contributed by atoms with E-state index in [1.165, 1.54) is 46.3 Å². The van der Waals surface area contributed by atoms with Crippen LogP contribution in [0.15, 0.2) is 0 Å². The Kier molecular flexibility index (Phi) is 15.7. The standard InChI is InChI=1S/C12H18N4O3S.C11H18N4O3S/c1-7(17)6-13-10(8(2)18)4-5-11(19)15-12-14-9(3)16-20-12;1-7(16)6-13-9(8(2)17)4-5-12-11-14-10(18-3)15-19-11/h10,13H,4-6H2,1-3H3,(H,14,15,16,19);9,13H,4-6H2,1-3H3,(H,12,14,15). The number of anilines is 2. The summed E-state index contributed by atoms with van der Waals surface area (Å²) in [6, 6.07) is -0.489. The smallest absolute Gasteiger partial charge is 0.329 e. The maximum atomic E-state index is 11.7. The van der Waals surface area contributed by atoms with E-state index in [1.54, 1.807) is 6.92 Å².